The van der Waals surface area contributed by atoms with E-state index in [1.807, 2.05) is 0 Å². The summed E-state index contributed by atoms with van der Waals surface area (Å²) in [5.41, 5.74) is 0. The lowest BCUT2D eigenvalue weighted by molar-refractivity contribution is 0.0759. The van der Waals surface area contributed by atoms with E-state index in [9.17, 15) is 4.79 Å². The molecule has 0 radical (unpaired) electrons. The standard InChI is InChI=1S/C14H15N5O3/c1-21-11-3-4-12(18-17-11)22-10-5-8-19(9-10)14(20)13-15-6-2-7-16-13/h2-4,6-7,10H,5,8-9H2,1H3. The van der Waals surface area contributed by atoms with Gasteiger partial charge in [-0.15, -0.1) is 10.2 Å². The highest BCUT2D eigenvalue weighted by Crippen LogP contribution is 2.18. The van der Waals surface area contributed by atoms with Crippen LogP contribution in [0.15, 0.2) is 30.6 Å². The molecule has 22 heavy (non-hydrogen) atoms. The molecular weight excluding hydrogens is 286 g/mol. The van der Waals surface area contributed by atoms with Gasteiger partial charge in [0.1, 0.15) is 6.10 Å². The second kappa shape index (κ2) is 6.33. The van der Waals surface area contributed by atoms with Crippen LogP contribution >= 0.6 is 0 Å². The highest BCUT2D eigenvalue weighted by Gasteiger charge is 2.29. The molecule has 1 saturated heterocycles. The number of hydrogen-bond acceptors (Lipinski definition) is 7. The Hall–Kier alpha value is -2.77. The molecule has 1 fully saturated rings. The van der Waals surface area contributed by atoms with Crippen molar-refractivity contribution in [1.29, 1.82) is 0 Å². The van der Waals surface area contributed by atoms with Crippen LogP contribution in [0.1, 0.15) is 17.0 Å². The number of amides is 1. The van der Waals surface area contributed by atoms with Crippen molar-refractivity contribution in [3.8, 4) is 11.8 Å². The third-order valence-corrected chi connectivity index (χ3v) is 3.30. The van der Waals surface area contributed by atoms with E-state index in [0.717, 1.165) is 6.42 Å². The average Bonchev–Trinajstić information content (AvgIpc) is 3.04. The molecule has 0 N–H and O–H groups in total. The van der Waals surface area contributed by atoms with Crippen molar-refractivity contribution in [2.45, 2.75) is 12.5 Å². The number of hydrogen-bond donors (Lipinski definition) is 0. The summed E-state index contributed by atoms with van der Waals surface area (Å²) in [6.45, 7) is 1.08. The van der Waals surface area contributed by atoms with Crippen molar-refractivity contribution >= 4 is 5.91 Å². The number of rotatable bonds is 4. The van der Waals surface area contributed by atoms with Gasteiger partial charge in [0.15, 0.2) is 0 Å². The van der Waals surface area contributed by atoms with Crippen LogP contribution in [0.25, 0.3) is 0 Å². The number of ether oxygens (including phenoxy) is 2. The van der Waals surface area contributed by atoms with Gasteiger partial charge < -0.3 is 14.4 Å². The summed E-state index contributed by atoms with van der Waals surface area (Å²) in [7, 11) is 1.52. The number of methoxy groups -OCH3 is 1. The van der Waals surface area contributed by atoms with Crippen molar-refractivity contribution in [2.24, 2.45) is 0 Å². The molecule has 2 aromatic rings. The van der Waals surface area contributed by atoms with Gasteiger partial charge in [0, 0.05) is 37.5 Å². The Morgan fingerprint density at radius 3 is 2.64 bits per heavy atom. The molecule has 3 heterocycles. The fourth-order valence-electron chi connectivity index (χ4n) is 2.21. The summed E-state index contributed by atoms with van der Waals surface area (Å²) in [6, 6.07) is 5.05. The Labute approximate surface area is 127 Å². The van der Waals surface area contributed by atoms with Crippen molar-refractivity contribution in [2.75, 3.05) is 20.2 Å². The minimum atomic E-state index is -0.187. The Morgan fingerprint density at radius 2 is 1.95 bits per heavy atom. The Morgan fingerprint density at radius 1 is 1.23 bits per heavy atom. The van der Waals surface area contributed by atoms with Crippen molar-refractivity contribution in [1.82, 2.24) is 25.1 Å². The van der Waals surface area contributed by atoms with Gasteiger partial charge in [0.25, 0.3) is 5.91 Å². The zero-order chi connectivity index (χ0) is 15.4. The monoisotopic (exact) mass is 301 g/mol. The predicted octanol–water partition coefficient (Wildman–Crippen LogP) is 0.569. The quantitative estimate of drug-likeness (QED) is 0.815. The highest BCUT2D eigenvalue weighted by atomic mass is 16.5. The fraction of sp³-hybridized carbons (Fsp3) is 0.357. The fourth-order valence-corrected chi connectivity index (χ4v) is 2.21. The first-order valence-corrected chi connectivity index (χ1v) is 6.87. The topological polar surface area (TPSA) is 90.3 Å². The first-order valence-electron chi connectivity index (χ1n) is 6.87. The number of carbonyl (C=O) groups excluding carboxylic acids is 1. The summed E-state index contributed by atoms with van der Waals surface area (Å²) in [5, 5.41) is 7.76. The second-order valence-electron chi connectivity index (χ2n) is 4.77. The smallest absolute Gasteiger partial charge is 0.291 e. The van der Waals surface area contributed by atoms with E-state index in [0.29, 0.717) is 24.8 Å². The lowest BCUT2D eigenvalue weighted by Gasteiger charge is -2.15. The lowest BCUT2D eigenvalue weighted by atomic mass is 10.3. The number of aromatic nitrogens is 4. The number of likely N-dealkylation sites (tertiary alicyclic amines) is 1. The van der Waals surface area contributed by atoms with Crippen LogP contribution in [-0.4, -0.2) is 57.3 Å². The van der Waals surface area contributed by atoms with Gasteiger partial charge in [0.2, 0.25) is 17.6 Å². The Kier molecular flexibility index (Phi) is 4.08. The van der Waals surface area contributed by atoms with Crippen LogP contribution in [-0.2, 0) is 0 Å². The highest BCUT2D eigenvalue weighted by molar-refractivity contribution is 5.90. The third-order valence-electron chi connectivity index (χ3n) is 3.30. The van der Waals surface area contributed by atoms with Gasteiger partial charge in [-0.1, -0.05) is 0 Å². The zero-order valence-corrected chi connectivity index (χ0v) is 12.0. The van der Waals surface area contributed by atoms with Gasteiger partial charge >= 0.3 is 0 Å². The zero-order valence-electron chi connectivity index (χ0n) is 12.0. The lowest BCUT2D eigenvalue weighted by Crippen LogP contribution is -2.32. The van der Waals surface area contributed by atoms with Crippen molar-refractivity contribution in [3.05, 3.63) is 36.4 Å². The van der Waals surface area contributed by atoms with E-state index in [1.165, 1.54) is 7.11 Å². The maximum absolute atomic E-state index is 12.2. The molecule has 0 saturated carbocycles. The molecule has 3 rings (SSSR count). The summed E-state index contributed by atoms with van der Waals surface area (Å²) >= 11 is 0. The number of carbonyl (C=O) groups is 1. The molecule has 1 atom stereocenters. The molecule has 0 aromatic carbocycles. The predicted molar refractivity (Wildman–Crippen MR) is 75.6 cm³/mol. The van der Waals surface area contributed by atoms with Crippen LogP contribution < -0.4 is 9.47 Å². The summed E-state index contributed by atoms with van der Waals surface area (Å²) in [6.07, 6.45) is 3.72. The summed E-state index contributed by atoms with van der Waals surface area (Å²) in [4.78, 5) is 21.9. The molecule has 1 aliphatic heterocycles. The molecular formula is C14H15N5O3. The molecule has 114 valence electrons. The van der Waals surface area contributed by atoms with E-state index in [-0.39, 0.29) is 17.8 Å². The van der Waals surface area contributed by atoms with Crippen molar-refractivity contribution < 1.29 is 14.3 Å². The van der Waals surface area contributed by atoms with E-state index in [2.05, 4.69) is 20.2 Å². The molecule has 2 aromatic heterocycles. The Balaban J connectivity index is 1.59. The average molecular weight is 301 g/mol. The van der Waals surface area contributed by atoms with Crippen LogP contribution in [0.4, 0.5) is 0 Å². The summed E-state index contributed by atoms with van der Waals surface area (Å²) < 4.78 is 10.7. The largest absolute Gasteiger partial charge is 0.480 e. The first kappa shape index (κ1) is 14.2. The van der Waals surface area contributed by atoms with Crippen LogP contribution in [0, 0.1) is 0 Å². The maximum atomic E-state index is 12.2. The molecule has 0 bridgehead atoms. The molecule has 0 aliphatic carbocycles. The van der Waals surface area contributed by atoms with Gasteiger partial charge in [-0.25, -0.2) is 9.97 Å². The molecule has 0 spiro atoms. The van der Waals surface area contributed by atoms with Gasteiger partial charge in [-0.05, 0) is 6.07 Å². The second-order valence-corrected chi connectivity index (χ2v) is 4.77. The number of nitrogens with zero attached hydrogens (tertiary/aromatic N) is 5. The minimum Gasteiger partial charge on any atom is -0.480 e. The van der Waals surface area contributed by atoms with Gasteiger partial charge in [0.05, 0.1) is 13.7 Å². The summed E-state index contributed by atoms with van der Waals surface area (Å²) in [5.74, 6) is 0.854. The molecule has 8 heteroatoms. The van der Waals surface area contributed by atoms with Gasteiger partial charge in [-0.2, -0.15) is 0 Å². The van der Waals surface area contributed by atoms with Crippen LogP contribution in [0.5, 0.6) is 11.8 Å². The first-order chi connectivity index (χ1) is 10.8. The van der Waals surface area contributed by atoms with E-state index in [4.69, 9.17) is 9.47 Å². The minimum absolute atomic E-state index is 0.115. The maximum Gasteiger partial charge on any atom is 0.291 e. The van der Waals surface area contributed by atoms with Crippen molar-refractivity contribution in [3.63, 3.8) is 0 Å². The third kappa shape index (κ3) is 3.11. The SMILES string of the molecule is COc1ccc(OC2CCN(C(=O)c3ncccn3)C2)nn1. The van der Waals surface area contributed by atoms with Crippen LogP contribution in [0.2, 0.25) is 0 Å². The van der Waals surface area contributed by atoms with E-state index in [1.54, 1.807) is 35.5 Å². The van der Waals surface area contributed by atoms with Crippen LogP contribution in [0.3, 0.4) is 0 Å². The molecule has 1 amide bonds. The van der Waals surface area contributed by atoms with E-state index < -0.39 is 0 Å². The normalized spacial score (nSPS) is 17.3. The molecule has 1 aliphatic rings. The Bertz CT molecular complexity index is 635. The van der Waals surface area contributed by atoms with E-state index >= 15 is 0 Å². The molecule has 8 nitrogen and oxygen atoms in total. The molecule has 1 unspecified atom stereocenters. The van der Waals surface area contributed by atoms with Gasteiger partial charge in [-0.3, -0.25) is 4.79 Å².